The first-order valence-corrected chi connectivity index (χ1v) is 7.41. The monoisotopic (exact) mass is 284 g/mol. The van der Waals surface area contributed by atoms with E-state index in [0.29, 0.717) is 12.2 Å². The summed E-state index contributed by atoms with van der Waals surface area (Å²) in [6.07, 6.45) is 4.81. The molecule has 1 heterocycles. The van der Waals surface area contributed by atoms with Gasteiger partial charge in [-0.15, -0.1) is 0 Å². The molecule has 1 aromatic heterocycles. The van der Waals surface area contributed by atoms with Crippen LogP contribution in [0, 0.1) is 6.92 Å². The Bertz CT molecular complexity index is 777. The Morgan fingerprint density at radius 2 is 2.05 bits per heavy atom. The number of benzene rings is 1. The van der Waals surface area contributed by atoms with Crippen LogP contribution >= 0.6 is 0 Å². The molecule has 1 aliphatic carbocycles. The number of rotatable bonds is 3. The Labute approximate surface area is 124 Å². The van der Waals surface area contributed by atoms with Gasteiger partial charge in [0, 0.05) is 5.56 Å². The molecule has 0 saturated carbocycles. The molecule has 1 aliphatic rings. The predicted molar refractivity (Wildman–Crippen MR) is 84.2 cm³/mol. The highest BCUT2D eigenvalue weighted by Gasteiger charge is 2.22. The molecule has 3 heteroatoms. The van der Waals surface area contributed by atoms with Gasteiger partial charge < -0.3 is 9.15 Å². The molecule has 110 valence electrons. The molecule has 3 nitrogen and oxygen atoms in total. The lowest BCUT2D eigenvalue weighted by atomic mass is 10.0. The fourth-order valence-electron chi connectivity index (χ4n) is 2.92. The van der Waals surface area contributed by atoms with Gasteiger partial charge in [-0.25, -0.2) is 4.79 Å². The van der Waals surface area contributed by atoms with Gasteiger partial charge in [0.25, 0.3) is 0 Å². The SMILES string of the molecule is CC(C)=CCOc1cc(C)cc2oc(=O)c3c(c12)CCC3. The van der Waals surface area contributed by atoms with E-state index in [1.807, 2.05) is 25.1 Å². The van der Waals surface area contributed by atoms with Crippen LogP contribution in [0.3, 0.4) is 0 Å². The summed E-state index contributed by atoms with van der Waals surface area (Å²) in [5.74, 6) is 0.824. The number of fused-ring (bicyclic) bond motifs is 3. The molecule has 0 spiro atoms. The first-order valence-electron chi connectivity index (χ1n) is 7.41. The van der Waals surface area contributed by atoms with E-state index < -0.39 is 0 Å². The molecule has 0 aliphatic heterocycles. The maximum atomic E-state index is 12.0. The highest BCUT2D eigenvalue weighted by atomic mass is 16.5. The van der Waals surface area contributed by atoms with Crippen LogP contribution in [0.5, 0.6) is 5.75 Å². The van der Waals surface area contributed by atoms with Crippen LogP contribution in [-0.4, -0.2) is 6.61 Å². The third-order valence-electron chi connectivity index (χ3n) is 3.91. The molecule has 3 rings (SSSR count). The lowest BCUT2D eigenvalue weighted by Crippen LogP contribution is -2.08. The molecule has 1 aromatic carbocycles. The maximum Gasteiger partial charge on any atom is 0.339 e. The smallest absolute Gasteiger partial charge is 0.339 e. The second-order valence-corrected chi connectivity index (χ2v) is 5.93. The van der Waals surface area contributed by atoms with E-state index in [1.165, 1.54) is 5.57 Å². The predicted octanol–water partition coefficient (Wildman–Crippen LogP) is 3.94. The highest BCUT2D eigenvalue weighted by molar-refractivity contribution is 5.88. The van der Waals surface area contributed by atoms with E-state index in [1.54, 1.807) is 0 Å². The molecule has 0 bridgehead atoms. The van der Waals surface area contributed by atoms with E-state index in [2.05, 4.69) is 13.8 Å². The van der Waals surface area contributed by atoms with Gasteiger partial charge in [0.1, 0.15) is 17.9 Å². The molecule has 0 fully saturated rings. The zero-order chi connectivity index (χ0) is 15.0. The number of aryl methyl sites for hydroxylation is 2. The Kier molecular flexibility index (Phi) is 3.58. The van der Waals surface area contributed by atoms with Crippen molar-refractivity contribution in [3.05, 3.63) is 50.9 Å². The number of allylic oxidation sites excluding steroid dienone is 1. The second-order valence-electron chi connectivity index (χ2n) is 5.93. The van der Waals surface area contributed by atoms with E-state index in [0.717, 1.165) is 47.1 Å². The average molecular weight is 284 g/mol. The number of hydrogen-bond donors (Lipinski definition) is 0. The first kappa shape index (κ1) is 13.9. The molecule has 0 unspecified atom stereocenters. The van der Waals surface area contributed by atoms with Crippen LogP contribution in [0.4, 0.5) is 0 Å². The molecule has 21 heavy (non-hydrogen) atoms. The molecule has 0 saturated heterocycles. The minimum Gasteiger partial charge on any atom is -0.489 e. The molecule has 0 radical (unpaired) electrons. The summed E-state index contributed by atoms with van der Waals surface area (Å²) in [7, 11) is 0. The van der Waals surface area contributed by atoms with Crippen molar-refractivity contribution in [2.45, 2.75) is 40.0 Å². The fourth-order valence-corrected chi connectivity index (χ4v) is 2.92. The minimum atomic E-state index is -0.184. The number of ether oxygens (including phenoxy) is 1. The van der Waals surface area contributed by atoms with E-state index in [4.69, 9.17) is 9.15 Å². The van der Waals surface area contributed by atoms with Crippen molar-refractivity contribution in [1.82, 2.24) is 0 Å². The molecule has 0 N–H and O–H groups in total. The molecular formula is C18H20O3. The lowest BCUT2D eigenvalue weighted by molar-refractivity contribution is 0.365. The Hall–Kier alpha value is -2.03. The van der Waals surface area contributed by atoms with E-state index in [9.17, 15) is 4.79 Å². The summed E-state index contributed by atoms with van der Waals surface area (Å²) in [5.41, 5.74) is 4.68. The minimum absolute atomic E-state index is 0.184. The van der Waals surface area contributed by atoms with Crippen molar-refractivity contribution >= 4 is 11.0 Å². The van der Waals surface area contributed by atoms with Gasteiger partial charge in [-0.1, -0.05) is 5.57 Å². The quantitative estimate of drug-likeness (QED) is 0.633. The van der Waals surface area contributed by atoms with Gasteiger partial charge in [0.2, 0.25) is 0 Å². The molecule has 0 atom stereocenters. The van der Waals surface area contributed by atoms with Crippen molar-refractivity contribution in [2.75, 3.05) is 6.61 Å². The van der Waals surface area contributed by atoms with Crippen molar-refractivity contribution in [1.29, 1.82) is 0 Å². The molecule has 2 aromatic rings. The van der Waals surface area contributed by atoms with Crippen LogP contribution in [0.1, 0.15) is 37.0 Å². The van der Waals surface area contributed by atoms with Crippen LogP contribution in [-0.2, 0) is 12.8 Å². The third-order valence-corrected chi connectivity index (χ3v) is 3.91. The normalized spacial score (nSPS) is 13.3. The highest BCUT2D eigenvalue weighted by Crippen LogP contribution is 2.35. The largest absolute Gasteiger partial charge is 0.489 e. The first-order chi connectivity index (χ1) is 10.1. The summed E-state index contributed by atoms with van der Waals surface area (Å²) in [4.78, 5) is 12.0. The molecular weight excluding hydrogens is 264 g/mol. The maximum absolute atomic E-state index is 12.0. The van der Waals surface area contributed by atoms with E-state index >= 15 is 0 Å². The fraction of sp³-hybridized carbons (Fsp3) is 0.389. The van der Waals surface area contributed by atoms with Gasteiger partial charge >= 0.3 is 5.63 Å². The Morgan fingerprint density at radius 3 is 2.81 bits per heavy atom. The van der Waals surface area contributed by atoms with Gasteiger partial charge in [-0.2, -0.15) is 0 Å². The Morgan fingerprint density at radius 1 is 1.29 bits per heavy atom. The van der Waals surface area contributed by atoms with Gasteiger partial charge in [0.05, 0.1) is 5.39 Å². The van der Waals surface area contributed by atoms with Gasteiger partial charge in [-0.05, 0) is 69.4 Å². The van der Waals surface area contributed by atoms with Crippen LogP contribution in [0.2, 0.25) is 0 Å². The zero-order valence-corrected chi connectivity index (χ0v) is 12.8. The van der Waals surface area contributed by atoms with Crippen LogP contribution in [0.25, 0.3) is 11.0 Å². The van der Waals surface area contributed by atoms with E-state index in [-0.39, 0.29) is 5.63 Å². The summed E-state index contributed by atoms with van der Waals surface area (Å²) >= 11 is 0. The van der Waals surface area contributed by atoms with Crippen LogP contribution in [0.15, 0.2) is 33.0 Å². The van der Waals surface area contributed by atoms with Crippen LogP contribution < -0.4 is 10.4 Å². The topological polar surface area (TPSA) is 39.4 Å². The average Bonchev–Trinajstić information content (AvgIpc) is 2.87. The summed E-state index contributed by atoms with van der Waals surface area (Å²) in [6, 6.07) is 3.95. The van der Waals surface area contributed by atoms with Crippen molar-refractivity contribution in [2.24, 2.45) is 0 Å². The van der Waals surface area contributed by atoms with Gasteiger partial charge in [-0.3, -0.25) is 0 Å². The molecule has 0 amide bonds. The zero-order valence-electron chi connectivity index (χ0n) is 12.8. The second kappa shape index (κ2) is 5.40. The van der Waals surface area contributed by atoms with Crippen molar-refractivity contribution in [3.63, 3.8) is 0 Å². The summed E-state index contributed by atoms with van der Waals surface area (Å²) in [5, 5.41) is 0.981. The van der Waals surface area contributed by atoms with Crippen molar-refractivity contribution in [3.8, 4) is 5.75 Å². The lowest BCUT2D eigenvalue weighted by Gasteiger charge is -2.12. The van der Waals surface area contributed by atoms with Gasteiger partial charge in [0.15, 0.2) is 0 Å². The Balaban J connectivity index is 2.17. The summed E-state index contributed by atoms with van der Waals surface area (Å²) in [6.45, 7) is 6.62. The third kappa shape index (κ3) is 2.60. The number of hydrogen-bond acceptors (Lipinski definition) is 3. The van der Waals surface area contributed by atoms with Crippen molar-refractivity contribution < 1.29 is 9.15 Å². The summed E-state index contributed by atoms with van der Waals surface area (Å²) < 4.78 is 11.4. The standard InChI is InChI=1S/C18H20O3/c1-11(2)7-8-20-15-9-12(3)10-16-17(15)13-5-4-6-14(13)18(19)21-16/h7,9-10H,4-6,8H2,1-3H3.